The molecule has 1 saturated heterocycles. The molecule has 0 radical (unpaired) electrons. The molecule has 25 heavy (non-hydrogen) atoms. The molecule has 3 rings (SSSR count). The monoisotopic (exact) mass is 342 g/mol. The zero-order valence-electron chi connectivity index (χ0n) is 15.4. The molecule has 2 aromatic rings. The Balaban J connectivity index is 1.76. The fourth-order valence-corrected chi connectivity index (χ4v) is 3.33. The third-order valence-electron chi connectivity index (χ3n) is 4.78. The lowest BCUT2D eigenvalue weighted by atomic mass is 10.1. The van der Waals surface area contributed by atoms with Crippen molar-refractivity contribution in [2.45, 2.75) is 52.6 Å². The van der Waals surface area contributed by atoms with E-state index < -0.39 is 0 Å². The Hall–Kier alpha value is -2.14. The highest BCUT2D eigenvalue weighted by Crippen LogP contribution is 2.24. The highest BCUT2D eigenvalue weighted by molar-refractivity contribution is 5.79. The van der Waals surface area contributed by atoms with Crippen LogP contribution in [0.2, 0.25) is 0 Å². The number of aryl methyl sites for hydroxylation is 2. The quantitative estimate of drug-likeness (QED) is 0.855. The van der Waals surface area contributed by atoms with Gasteiger partial charge in [0, 0.05) is 5.56 Å². The van der Waals surface area contributed by atoms with Gasteiger partial charge in [0.1, 0.15) is 5.76 Å². The fourth-order valence-electron chi connectivity index (χ4n) is 3.33. The van der Waals surface area contributed by atoms with Crippen molar-refractivity contribution < 1.29 is 13.9 Å². The standard InChI is InChI=1S/C20H26N2O3/c1-5-16-6-8-17(9-7-16)20-21-18(15(4)25-20)10-19(23)22-13(2)11-24-12-14(22)3/h6-9,13-14H,5,10-12H2,1-4H3. The first-order valence-electron chi connectivity index (χ1n) is 8.94. The van der Waals surface area contributed by atoms with Crippen LogP contribution in [0.1, 0.15) is 37.8 Å². The van der Waals surface area contributed by atoms with E-state index in [4.69, 9.17) is 9.15 Å². The Morgan fingerprint density at radius 2 is 1.84 bits per heavy atom. The summed E-state index contributed by atoms with van der Waals surface area (Å²) in [6.07, 6.45) is 1.26. The summed E-state index contributed by atoms with van der Waals surface area (Å²) in [5, 5.41) is 0. The van der Waals surface area contributed by atoms with Gasteiger partial charge >= 0.3 is 0 Å². The Kier molecular flexibility index (Phi) is 5.23. The largest absolute Gasteiger partial charge is 0.441 e. The number of rotatable bonds is 4. The Labute approximate surface area is 149 Å². The second kappa shape index (κ2) is 7.40. The average Bonchev–Trinajstić information content (AvgIpc) is 2.95. The fraction of sp³-hybridized carbons (Fsp3) is 0.500. The van der Waals surface area contributed by atoms with Crippen LogP contribution in [0.25, 0.3) is 11.5 Å². The third-order valence-corrected chi connectivity index (χ3v) is 4.78. The van der Waals surface area contributed by atoms with Crippen molar-refractivity contribution in [2.75, 3.05) is 13.2 Å². The van der Waals surface area contributed by atoms with Crippen molar-refractivity contribution >= 4 is 5.91 Å². The number of morpholine rings is 1. The van der Waals surface area contributed by atoms with Gasteiger partial charge in [-0.15, -0.1) is 0 Å². The molecule has 1 aromatic heterocycles. The minimum atomic E-state index is 0.0765. The molecule has 0 N–H and O–H groups in total. The lowest BCUT2D eigenvalue weighted by Crippen LogP contribution is -2.53. The van der Waals surface area contributed by atoms with Gasteiger partial charge in [-0.2, -0.15) is 0 Å². The van der Waals surface area contributed by atoms with E-state index >= 15 is 0 Å². The molecule has 1 aliphatic rings. The normalized spacial score (nSPS) is 20.7. The number of aromatic nitrogens is 1. The Bertz CT molecular complexity index is 726. The molecule has 2 heterocycles. The molecule has 5 nitrogen and oxygen atoms in total. The molecule has 0 bridgehead atoms. The molecule has 2 atom stereocenters. The van der Waals surface area contributed by atoms with E-state index in [2.05, 4.69) is 24.0 Å². The number of hydrogen-bond acceptors (Lipinski definition) is 4. The van der Waals surface area contributed by atoms with E-state index in [-0.39, 0.29) is 24.4 Å². The van der Waals surface area contributed by atoms with Crippen LogP contribution < -0.4 is 0 Å². The maximum Gasteiger partial charge on any atom is 0.229 e. The van der Waals surface area contributed by atoms with E-state index in [9.17, 15) is 4.79 Å². The van der Waals surface area contributed by atoms with Gasteiger partial charge in [-0.1, -0.05) is 19.1 Å². The summed E-state index contributed by atoms with van der Waals surface area (Å²) in [5.41, 5.74) is 2.93. The predicted octanol–water partition coefficient (Wildman–Crippen LogP) is 3.39. The van der Waals surface area contributed by atoms with Crippen LogP contribution in [0, 0.1) is 6.92 Å². The number of nitrogens with zero attached hydrogens (tertiary/aromatic N) is 2. The highest BCUT2D eigenvalue weighted by atomic mass is 16.5. The van der Waals surface area contributed by atoms with Crippen LogP contribution >= 0.6 is 0 Å². The molecule has 1 fully saturated rings. The summed E-state index contributed by atoms with van der Waals surface area (Å²) in [7, 11) is 0. The van der Waals surface area contributed by atoms with Crippen molar-refractivity contribution in [3.8, 4) is 11.5 Å². The van der Waals surface area contributed by atoms with Crippen LogP contribution in [-0.4, -0.2) is 41.1 Å². The molecule has 134 valence electrons. The van der Waals surface area contributed by atoms with E-state index in [1.807, 2.05) is 37.8 Å². The van der Waals surface area contributed by atoms with Gasteiger partial charge in [0.15, 0.2) is 0 Å². The van der Waals surface area contributed by atoms with Gasteiger partial charge in [0.2, 0.25) is 11.8 Å². The molecule has 2 unspecified atom stereocenters. The topological polar surface area (TPSA) is 55.6 Å². The van der Waals surface area contributed by atoms with Gasteiger partial charge in [0.05, 0.1) is 37.4 Å². The first kappa shape index (κ1) is 17.7. The molecule has 0 spiro atoms. The smallest absolute Gasteiger partial charge is 0.229 e. The molecule has 0 aliphatic carbocycles. The second-order valence-electron chi connectivity index (χ2n) is 6.79. The van der Waals surface area contributed by atoms with Crippen LogP contribution in [0.5, 0.6) is 0 Å². The minimum absolute atomic E-state index is 0.0765. The lowest BCUT2D eigenvalue weighted by Gasteiger charge is -2.38. The number of oxazole rings is 1. The van der Waals surface area contributed by atoms with E-state index in [1.165, 1.54) is 5.56 Å². The Morgan fingerprint density at radius 3 is 2.44 bits per heavy atom. The predicted molar refractivity (Wildman–Crippen MR) is 96.3 cm³/mol. The van der Waals surface area contributed by atoms with E-state index in [0.29, 0.717) is 30.6 Å². The molecule has 0 saturated carbocycles. The van der Waals surface area contributed by atoms with Gasteiger partial charge in [-0.25, -0.2) is 4.98 Å². The average molecular weight is 342 g/mol. The number of carbonyl (C=O) groups excluding carboxylic acids is 1. The maximum atomic E-state index is 12.8. The molecule has 1 aromatic carbocycles. The molecule has 1 aliphatic heterocycles. The number of amides is 1. The number of carbonyl (C=O) groups is 1. The summed E-state index contributed by atoms with van der Waals surface area (Å²) in [6, 6.07) is 8.37. The molecular weight excluding hydrogens is 316 g/mol. The number of hydrogen-bond donors (Lipinski definition) is 0. The van der Waals surface area contributed by atoms with Crippen LogP contribution in [-0.2, 0) is 22.4 Å². The van der Waals surface area contributed by atoms with Gasteiger partial charge in [0.25, 0.3) is 0 Å². The van der Waals surface area contributed by atoms with Crippen molar-refractivity contribution in [3.05, 3.63) is 41.3 Å². The van der Waals surface area contributed by atoms with Gasteiger partial charge < -0.3 is 14.1 Å². The summed E-state index contributed by atoms with van der Waals surface area (Å²) in [6.45, 7) is 9.20. The van der Waals surface area contributed by atoms with Crippen molar-refractivity contribution in [3.63, 3.8) is 0 Å². The zero-order chi connectivity index (χ0) is 18.0. The summed E-state index contributed by atoms with van der Waals surface area (Å²) < 4.78 is 11.3. The first-order valence-corrected chi connectivity index (χ1v) is 8.94. The number of benzene rings is 1. The first-order chi connectivity index (χ1) is 12.0. The lowest BCUT2D eigenvalue weighted by molar-refractivity contribution is -0.143. The van der Waals surface area contributed by atoms with E-state index in [1.54, 1.807) is 0 Å². The summed E-state index contributed by atoms with van der Waals surface area (Å²) in [4.78, 5) is 19.2. The van der Waals surface area contributed by atoms with E-state index in [0.717, 1.165) is 12.0 Å². The van der Waals surface area contributed by atoms with Crippen molar-refractivity contribution in [1.29, 1.82) is 0 Å². The second-order valence-corrected chi connectivity index (χ2v) is 6.79. The van der Waals surface area contributed by atoms with Gasteiger partial charge in [-0.3, -0.25) is 4.79 Å². The molecule has 1 amide bonds. The Morgan fingerprint density at radius 1 is 1.20 bits per heavy atom. The molecular formula is C20H26N2O3. The van der Waals surface area contributed by atoms with Crippen molar-refractivity contribution in [2.24, 2.45) is 0 Å². The maximum absolute atomic E-state index is 12.8. The van der Waals surface area contributed by atoms with Crippen LogP contribution in [0.4, 0.5) is 0 Å². The SMILES string of the molecule is CCc1ccc(-c2nc(CC(=O)N3C(C)COCC3C)c(C)o2)cc1. The summed E-state index contributed by atoms with van der Waals surface area (Å²) in [5.74, 6) is 1.36. The van der Waals surface area contributed by atoms with Gasteiger partial charge in [-0.05, 0) is 44.9 Å². The zero-order valence-corrected chi connectivity index (χ0v) is 15.4. The molecule has 5 heteroatoms. The minimum Gasteiger partial charge on any atom is -0.441 e. The highest BCUT2D eigenvalue weighted by Gasteiger charge is 2.30. The summed E-state index contributed by atoms with van der Waals surface area (Å²) >= 11 is 0. The van der Waals surface area contributed by atoms with Crippen molar-refractivity contribution in [1.82, 2.24) is 9.88 Å². The van der Waals surface area contributed by atoms with Crippen LogP contribution in [0.15, 0.2) is 28.7 Å². The third kappa shape index (κ3) is 3.76. The number of ether oxygens (including phenoxy) is 1. The van der Waals surface area contributed by atoms with Crippen LogP contribution in [0.3, 0.4) is 0 Å².